The molecule has 1 fully saturated rings. The first kappa shape index (κ1) is 13.5. The van der Waals surface area contributed by atoms with E-state index in [2.05, 4.69) is 27.2 Å². The van der Waals surface area contributed by atoms with Crippen LogP contribution in [0.5, 0.6) is 0 Å². The summed E-state index contributed by atoms with van der Waals surface area (Å²) >= 11 is 0. The fourth-order valence-corrected chi connectivity index (χ4v) is 2.21. The van der Waals surface area contributed by atoms with Crippen molar-refractivity contribution in [1.82, 2.24) is 14.9 Å². The number of likely N-dealkylation sites (tertiary alicyclic amines) is 1. The molecule has 104 valence electrons. The molecule has 0 bridgehead atoms. The largest absolute Gasteiger partial charge is 0.378 e. The van der Waals surface area contributed by atoms with Gasteiger partial charge in [0.25, 0.3) is 0 Å². The maximum absolute atomic E-state index is 10.9. The SMILES string of the molecule is CN1CCC(CNc2ncnc(N)c2[N+](=O)[O-])CC1. The van der Waals surface area contributed by atoms with Gasteiger partial charge in [-0.05, 0) is 38.9 Å². The molecule has 1 saturated heterocycles. The van der Waals surface area contributed by atoms with Gasteiger partial charge in [0.15, 0.2) is 0 Å². The zero-order valence-corrected chi connectivity index (χ0v) is 10.9. The van der Waals surface area contributed by atoms with E-state index in [9.17, 15) is 10.1 Å². The van der Waals surface area contributed by atoms with Gasteiger partial charge in [-0.3, -0.25) is 10.1 Å². The Hall–Kier alpha value is -1.96. The molecule has 0 unspecified atom stereocenters. The first-order chi connectivity index (χ1) is 9.08. The number of aromatic nitrogens is 2. The Morgan fingerprint density at radius 3 is 2.84 bits per heavy atom. The van der Waals surface area contributed by atoms with Crippen LogP contribution in [0.15, 0.2) is 6.33 Å². The highest BCUT2D eigenvalue weighted by Crippen LogP contribution is 2.27. The maximum Gasteiger partial charge on any atom is 0.352 e. The quantitative estimate of drug-likeness (QED) is 0.610. The normalized spacial score (nSPS) is 17.3. The predicted molar refractivity (Wildman–Crippen MR) is 71.8 cm³/mol. The predicted octanol–water partition coefficient (Wildman–Crippen LogP) is 0.721. The number of nitrogens with two attached hydrogens (primary N) is 1. The summed E-state index contributed by atoms with van der Waals surface area (Å²) in [6.07, 6.45) is 3.40. The van der Waals surface area contributed by atoms with Gasteiger partial charge in [0, 0.05) is 6.54 Å². The maximum atomic E-state index is 10.9. The number of nitrogen functional groups attached to an aromatic ring is 1. The van der Waals surface area contributed by atoms with Gasteiger partial charge < -0.3 is 16.0 Å². The average molecular weight is 266 g/mol. The van der Waals surface area contributed by atoms with Crippen LogP contribution in [-0.4, -0.2) is 46.5 Å². The highest BCUT2D eigenvalue weighted by Gasteiger charge is 2.22. The highest BCUT2D eigenvalue weighted by molar-refractivity contribution is 5.67. The van der Waals surface area contributed by atoms with Gasteiger partial charge in [-0.25, -0.2) is 9.97 Å². The Kier molecular flexibility index (Phi) is 4.10. The summed E-state index contributed by atoms with van der Waals surface area (Å²) in [5, 5.41) is 14.0. The van der Waals surface area contributed by atoms with Gasteiger partial charge in [-0.2, -0.15) is 0 Å². The Bertz CT molecular complexity index is 458. The molecule has 0 spiro atoms. The molecule has 0 radical (unpaired) electrons. The van der Waals surface area contributed by atoms with Gasteiger partial charge in [0.2, 0.25) is 11.6 Å². The van der Waals surface area contributed by atoms with Gasteiger partial charge in [0.05, 0.1) is 4.92 Å². The molecule has 0 amide bonds. The summed E-state index contributed by atoms with van der Waals surface area (Å²) in [6.45, 7) is 2.78. The van der Waals surface area contributed by atoms with E-state index in [1.54, 1.807) is 0 Å². The molecular weight excluding hydrogens is 248 g/mol. The zero-order chi connectivity index (χ0) is 13.8. The van der Waals surface area contributed by atoms with Crippen LogP contribution in [0.1, 0.15) is 12.8 Å². The smallest absolute Gasteiger partial charge is 0.352 e. The van der Waals surface area contributed by atoms with Gasteiger partial charge in [-0.15, -0.1) is 0 Å². The summed E-state index contributed by atoms with van der Waals surface area (Å²) in [7, 11) is 2.10. The lowest BCUT2D eigenvalue weighted by molar-refractivity contribution is -0.383. The van der Waals surface area contributed by atoms with Gasteiger partial charge in [0.1, 0.15) is 6.33 Å². The van der Waals surface area contributed by atoms with Crippen LogP contribution in [0.25, 0.3) is 0 Å². The number of rotatable bonds is 4. The van der Waals surface area contributed by atoms with E-state index in [1.165, 1.54) is 6.33 Å². The van der Waals surface area contributed by atoms with Crippen molar-refractivity contribution in [3.63, 3.8) is 0 Å². The number of nitrogens with zero attached hydrogens (tertiary/aromatic N) is 4. The van der Waals surface area contributed by atoms with Gasteiger partial charge in [-0.1, -0.05) is 0 Å². The summed E-state index contributed by atoms with van der Waals surface area (Å²) in [5.74, 6) is 0.606. The van der Waals surface area contributed by atoms with E-state index in [-0.39, 0.29) is 17.3 Å². The molecule has 1 aliphatic heterocycles. The number of nitrogens with one attached hydrogen (secondary N) is 1. The van der Waals surface area contributed by atoms with Crippen LogP contribution in [0, 0.1) is 16.0 Å². The lowest BCUT2D eigenvalue weighted by Crippen LogP contribution is -2.33. The van der Waals surface area contributed by atoms with E-state index in [0.717, 1.165) is 25.9 Å². The number of hydrogen-bond donors (Lipinski definition) is 2. The van der Waals surface area contributed by atoms with Gasteiger partial charge >= 0.3 is 5.69 Å². The number of anilines is 2. The molecule has 19 heavy (non-hydrogen) atoms. The second-order valence-electron chi connectivity index (χ2n) is 4.84. The minimum Gasteiger partial charge on any atom is -0.378 e. The molecule has 3 N–H and O–H groups in total. The van der Waals surface area contributed by atoms with Crippen LogP contribution in [0.3, 0.4) is 0 Å². The minimum atomic E-state index is -0.549. The molecule has 0 aliphatic carbocycles. The molecule has 2 rings (SSSR count). The van der Waals surface area contributed by atoms with E-state index in [4.69, 9.17) is 5.73 Å². The monoisotopic (exact) mass is 266 g/mol. The van der Waals surface area contributed by atoms with E-state index in [1.807, 2.05) is 0 Å². The Morgan fingerprint density at radius 1 is 1.53 bits per heavy atom. The fourth-order valence-electron chi connectivity index (χ4n) is 2.21. The van der Waals surface area contributed by atoms with Crippen molar-refractivity contribution in [3.8, 4) is 0 Å². The molecule has 0 atom stereocenters. The first-order valence-electron chi connectivity index (χ1n) is 6.25. The molecule has 1 aromatic rings. The van der Waals surface area contributed by atoms with Crippen molar-refractivity contribution in [2.45, 2.75) is 12.8 Å². The van der Waals surface area contributed by atoms with Crippen molar-refractivity contribution < 1.29 is 4.92 Å². The lowest BCUT2D eigenvalue weighted by atomic mass is 9.97. The lowest BCUT2D eigenvalue weighted by Gasteiger charge is -2.28. The summed E-state index contributed by atoms with van der Waals surface area (Å²) in [6, 6.07) is 0. The second kappa shape index (κ2) is 5.79. The third-order valence-corrected chi connectivity index (χ3v) is 3.43. The number of piperidine rings is 1. The summed E-state index contributed by atoms with van der Waals surface area (Å²) in [4.78, 5) is 20.2. The number of hydrogen-bond acceptors (Lipinski definition) is 7. The fraction of sp³-hybridized carbons (Fsp3) is 0.636. The van der Waals surface area contributed by atoms with Crippen molar-refractivity contribution >= 4 is 17.3 Å². The number of nitro groups is 1. The van der Waals surface area contributed by atoms with E-state index < -0.39 is 4.92 Å². The molecule has 1 aromatic heterocycles. The zero-order valence-electron chi connectivity index (χ0n) is 10.9. The molecular formula is C11H18N6O2. The third-order valence-electron chi connectivity index (χ3n) is 3.43. The molecule has 8 heteroatoms. The Balaban J connectivity index is 2.00. The topological polar surface area (TPSA) is 110 Å². The Morgan fingerprint density at radius 2 is 2.21 bits per heavy atom. The summed E-state index contributed by atoms with van der Waals surface area (Å²) in [5.41, 5.74) is 5.27. The van der Waals surface area contributed by atoms with Crippen LogP contribution in [0.4, 0.5) is 17.3 Å². The van der Waals surface area contributed by atoms with Crippen LogP contribution in [-0.2, 0) is 0 Å². The first-order valence-corrected chi connectivity index (χ1v) is 6.25. The van der Waals surface area contributed by atoms with Crippen molar-refractivity contribution in [1.29, 1.82) is 0 Å². The van der Waals surface area contributed by atoms with Crippen LogP contribution in [0.2, 0.25) is 0 Å². The summed E-state index contributed by atoms with van der Waals surface area (Å²) < 4.78 is 0. The Labute approximate surface area is 111 Å². The minimum absolute atomic E-state index is 0.106. The third kappa shape index (κ3) is 3.28. The van der Waals surface area contributed by atoms with Crippen molar-refractivity contribution in [3.05, 3.63) is 16.4 Å². The average Bonchev–Trinajstić information content (AvgIpc) is 2.37. The van der Waals surface area contributed by atoms with Crippen molar-refractivity contribution in [2.24, 2.45) is 5.92 Å². The molecule has 0 aromatic carbocycles. The van der Waals surface area contributed by atoms with E-state index in [0.29, 0.717) is 12.5 Å². The molecule has 0 saturated carbocycles. The van der Waals surface area contributed by atoms with Crippen LogP contribution < -0.4 is 11.1 Å². The van der Waals surface area contributed by atoms with Crippen LogP contribution >= 0.6 is 0 Å². The van der Waals surface area contributed by atoms with E-state index >= 15 is 0 Å². The second-order valence-corrected chi connectivity index (χ2v) is 4.84. The highest BCUT2D eigenvalue weighted by atomic mass is 16.6. The molecule has 1 aliphatic rings. The standard InChI is InChI=1S/C11H18N6O2/c1-16-4-2-8(3-5-16)6-13-11-9(17(18)19)10(12)14-7-15-11/h7-8H,2-6H2,1H3,(H3,12,13,14,15). The molecule has 2 heterocycles. The van der Waals surface area contributed by atoms with Crippen molar-refractivity contribution in [2.75, 3.05) is 37.7 Å². The molecule has 8 nitrogen and oxygen atoms in total.